The lowest BCUT2D eigenvalue weighted by Crippen LogP contribution is -2.55. The molecule has 7 heteroatoms. The molecule has 0 radical (unpaired) electrons. The first-order chi connectivity index (χ1) is 11.0. The Balaban J connectivity index is 0.00000156. The highest BCUT2D eigenvalue weighted by Crippen LogP contribution is 2.32. The zero-order valence-corrected chi connectivity index (χ0v) is 17.2. The summed E-state index contributed by atoms with van der Waals surface area (Å²) in [6, 6.07) is 0.562. The van der Waals surface area contributed by atoms with Gasteiger partial charge >= 0.3 is 0 Å². The molecule has 3 aliphatic rings. The number of hydrogen-bond acceptors (Lipinski definition) is 4. The summed E-state index contributed by atoms with van der Waals surface area (Å²) in [5.74, 6) is 1.92. The quantitative estimate of drug-likeness (QED) is 0.765. The summed E-state index contributed by atoms with van der Waals surface area (Å²) < 4.78 is 0. The number of carbonyl (C=O) groups excluding carboxylic acids is 1. The van der Waals surface area contributed by atoms with Crippen LogP contribution in [0.5, 0.6) is 0 Å². The van der Waals surface area contributed by atoms with Gasteiger partial charge in [-0.3, -0.25) is 9.69 Å². The Bertz CT molecular complexity index is 409. The fourth-order valence-electron chi connectivity index (χ4n) is 4.57. The highest BCUT2D eigenvalue weighted by Gasteiger charge is 2.34. The molecule has 0 aromatic rings. The molecule has 5 nitrogen and oxygen atoms in total. The summed E-state index contributed by atoms with van der Waals surface area (Å²) in [6.45, 7) is 8.96. The average molecular weight is 396 g/mol. The van der Waals surface area contributed by atoms with Crippen LogP contribution in [0.4, 0.5) is 0 Å². The second kappa shape index (κ2) is 10.3. The van der Waals surface area contributed by atoms with Crippen LogP contribution in [0, 0.1) is 11.8 Å². The highest BCUT2D eigenvalue weighted by atomic mass is 35.5. The number of β-amino-alcohol motifs (C(OH)–C–C–N with tert-alkyl or cyclic N) is 1. The van der Waals surface area contributed by atoms with Gasteiger partial charge in [0.25, 0.3) is 0 Å². The molecule has 0 aromatic carbocycles. The van der Waals surface area contributed by atoms with Crippen molar-refractivity contribution in [3.05, 3.63) is 0 Å². The molecule has 25 heavy (non-hydrogen) atoms. The third-order valence-corrected chi connectivity index (χ3v) is 6.23. The maximum atomic E-state index is 12.5. The third kappa shape index (κ3) is 5.70. The van der Waals surface area contributed by atoms with E-state index in [1.807, 2.05) is 4.90 Å². The molecular formula is C18H35Cl2N3O2. The number of aliphatic hydroxyl groups excluding tert-OH is 1. The van der Waals surface area contributed by atoms with Crippen LogP contribution in [0.3, 0.4) is 0 Å². The largest absolute Gasteiger partial charge is 0.392 e. The van der Waals surface area contributed by atoms with Crippen LogP contribution >= 0.6 is 24.8 Å². The highest BCUT2D eigenvalue weighted by molar-refractivity contribution is 5.85. The zero-order chi connectivity index (χ0) is 16.4. The zero-order valence-electron chi connectivity index (χ0n) is 15.5. The lowest BCUT2D eigenvalue weighted by Gasteiger charge is -2.43. The van der Waals surface area contributed by atoms with Gasteiger partial charge in [-0.05, 0) is 43.9 Å². The molecule has 148 valence electrons. The normalized spacial score (nSPS) is 33.7. The Kier molecular flexibility index (Phi) is 9.47. The number of piperazine rings is 1. The van der Waals surface area contributed by atoms with Crippen molar-refractivity contribution in [3.63, 3.8) is 0 Å². The van der Waals surface area contributed by atoms with E-state index in [1.165, 1.54) is 25.7 Å². The first kappa shape index (κ1) is 23.0. The molecule has 2 aliphatic heterocycles. The minimum absolute atomic E-state index is 0. The molecule has 2 unspecified atom stereocenters. The topological polar surface area (TPSA) is 55.8 Å². The van der Waals surface area contributed by atoms with Crippen LogP contribution in [0.25, 0.3) is 0 Å². The van der Waals surface area contributed by atoms with Crippen molar-refractivity contribution >= 4 is 30.7 Å². The van der Waals surface area contributed by atoms with Crippen LogP contribution in [0.2, 0.25) is 0 Å². The maximum Gasteiger partial charge on any atom is 0.239 e. The van der Waals surface area contributed by atoms with Crippen molar-refractivity contribution in [1.82, 2.24) is 15.1 Å². The molecule has 1 saturated carbocycles. The number of hydrogen-bond donors (Lipinski definition) is 2. The van der Waals surface area contributed by atoms with Gasteiger partial charge in [0.15, 0.2) is 0 Å². The molecule has 2 heterocycles. The Labute approximate surface area is 164 Å². The van der Waals surface area contributed by atoms with E-state index in [9.17, 15) is 9.90 Å². The number of rotatable bonds is 3. The van der Waals surface area contributed by atoms with E-state index in [4.69, 9.17) is 0 Å². The van der Waals surface area contributed by atoms with Crippen LogP contribution in [-0.2, 0) is 4.79 Å². The van der Waals surface area contributed by atoms with E-state index < -0.39 is 0 Å². The molecule has 2 saturated heterocycles. The number of carbonyl (C=O) groups is 1. The summed E-state index contributed by atoms with van der Waals surface area (Å²) in [6.07, 6.45) is 5.59. The number of halogens is 2. The molecule has 0 bridgehead atoms. The fourth-order valence-corrected chi connectivity index (χ4v) is 4.57. The number of nitrogens with one attached hydrogen (secondary N) is 1. The molecule has 1 amide bonds. The predicted molar refractivity (Wildman–Crippen MR) is 106 cm³/mol. The first-order valence-electron chi connectivity index (χ1n) is 9.49. The standard InChI is InChI=1S/C18H33N3O2.2ClH/c1-13(2)14-3-5-15(6-4-14)20-7-9-21(10-8-20)18(23)17-11-16(22)12-19-17;;/h13-17,19,22H,3-12H2,1-2H3;2*1H. The van der Waals surface area contributed by atoms with Gasteiger partial charge < -0.3 is 15.3 Å². The molecule has 3 rings (SSSR count). The van der Waals surface area contributed by atoms with Crippen LogP contribution in [0.1, 0.15) is 46.0 Å². The Hall–Kier alpha value is -0.0700. The number of aliphatic hydroxyl groups is 1. The Morgan fingerprint density at radius 2 is 1.64 bits per heavy atom. The maximum absolute atomic E-state index is 12.5. The van der Waals surface area contributed by atoms with E-state index in [0.717, 1.165) is 44.1 Å². The first-order valence-corrected chi connectivity index (χ1v) is 9.49. The molecular weight excluding hydrogens is 361 g/mol. The van der Waals surface area contributed by atoms with Crippen LogP contribution < -0.4 is 5.32 Å². The molecule has 3 fully saturated rings. The van der Waals surface area contributed by atoms with Gasteiger partial charge in [-0.25, -0.2) is 0 Å². The van der Waals surface area contributed by atoms with Crippen molar-refractivity contribution < 1.29 is 9.90 Å². The number of nitrogens with zero attached hydrogens (tertiary/aromatic N) is 2. The lowest BCUT2D eigenvalue weighted by molar-refractivity contribution is -0.135. The van der Waals surface area contributed by atoms with E-state index in [2.05, 4.69) is 24.1 Å². The van der Waals surface area contributed by atoms with Crippen molar-refractivity contribution in [3.8, 4) is 0 Å². The summed E-state index contributed by atoms with van der Waals surface area (Å²) in [5.41, 5.74) is 0. The molecule has 1 aliphatic carbocycles. The molecule has 2 N–H and O–H groups in total. The van der Waals surface area contributed by atoms with E-state index in [0.29, 0.717) is 13.0 Å². The van der Waals surface area contributed by atoms with E-state index >= 15 is 0 Å². The van der Waals surface area contributed by atoms with Gasteiger partial charge in [-0.2, -0.15) is 0 Å². The van der Waals surface area contributed by atoms with Crippen molar-refractivity contribution in [2.75, 3.05) is 32.7 Å². The van der Waals surface area contributed by atoms with Crippen molar-refractivity contribution in [1.29, 1.82) is 0 Å². The van der Waals surface area contributed by atoms with Gasteiger partial charge in [-0.1, -0.05) is 13.8 Å². The van der Waals surface area contributed by atoms with E-state index in [1.54, 1.807) is 0 Å². The van der Waals surface area contributed by atoms with Gasteiger partial charge in [0.05, 0.1) is 12.1 Å². The minimum atomic E-state index is -0.360. The second-order valence-corrected chi connectivity index (χ2v) is 8.02. The summed E-state index contributed by atoms with van der Waals surface area (Å²) in [4.78, 5) is 17.1. The summed E-state index contributed by atoms with van der Waals surface area (Å²) in [7, 11) is 0. The third-order valence-electron chi connectivity index (χ3n) is 6.23. The monoisotopic (exact) mass is 395 g/mol. The molecule has 0 aromatic heterocycles. The minimum Gasteiger partial charge on any atom is -0.392 e. The van der Waals surface area contributed by atoms with Gasteiger partial charge in [0.2, 0.25) is 5.91 Å². The smallest absolute Gasteiger partial charge is 0.239 e. The SMILES string of the molecule is CC(C)C1CCC(N2CCN(C(=O)C3CC(O)CN3)CC2)CC1.Cl.Cl. The molecule has 0 spiro atoms. The molecule has 2 atom stereocenters. The van der Waals surface area contributed by atoms with Crippen molar-refractivity contribution in [2.24, 2.45) is 11.8 Å². The predicted octanol–water partition coefficient (Wildman–Crippen LogP) is 1.91. The summed E-state index contributed by atoms with van der Waals surface area (Å²) in [5, 5.41) is 12.7. The Morgan fingerprint density at radius 3 is 2.12 bits per heavy atom. The fraction of sp³-hybridized carbons (Fsp3) is 0.944. The van der Waals surface area contributed by atoms with Gasteiger partial charge in [-0.15, -0.1) is 24.8 Å². The van der Waals surface area contributed by atoms with Crippen LogP contribution in [0.15, 0.2) is 0 Å². The second-order valence-electron chi connectivity index (χ2n) is 8.02. The van der Waals surface area contributed by atoms with Crippen LogP contribution in [-0.4, -0.2) is 71.7 Å². The number of amides is 1. The van der Waals surface area contributed by atoms with Gasteiger partial charge in [0.1, 0.15) is 0 Å². The lowest BCUT2D eigenvalue weighted by atomic mass is 9.79. The Morgan fingerprint density at radius 1 is 1.04 bits per heavy atom. The van der Waals surface area contributed by atoms with E-state index in [-0.39, 0.29) is 42.9 Å². The average Bonchev–Trinajstić information content (AvgIpc) is 3.01. The summed E-state index contributed by atoms with van der Waals surface area (Å²) >= 11 is 0. The van der Waals surface area contributed by atoms with Crippen molar-refractivity contribution in [2.45, 2.75) is 64.1 Å². The van der Waals surface area contributed by atoms with Gasteiger partial charge in [0, 0.05) is 38.8 Å².